The summed E-state index contributed by atoms with van der Waals surface area (Å²) in [5.74, 6) is -0.147. The number of nitrogens with zero attached hydrogens (tertiary/aromatic N) is 2. The quantitative estimate of drug-likeness (QED) is 0.584. The summed E-state index contributed by atoms with van der Waals surface area (Å²) in [4.78, 5) is 21.4. The van der Waals surface area contributed by atoms with Crippen molar-refractivity contribution in [3.63, 3.8) is 0 Å². The number of aryl methyl sites for hydroxylation is 1. The van der Waals surface area contributed by atoms with E-state index in [-0.39, 0.29) is 17.8 Å². The fraction of sp³-hybridized carbons (Fsp3) is 0.381. The van der Waals surface area contributed by atoms with E-state index < -0.39 is 5.91 Å². The van der Waals surface area contributed by atoms with Crippen LogP contribution < -0.4 is 11.1 Å². The lowest BCUT2D eigenvalue weighted by Gasteiger charge is -2.28. The first-order chi connectivity index (χ1) is 13.9. The number of amides is 1. The summed E-state index contributed by atoms with van der Waals surface area (Å²) in [5, 5.41) is 14.4. The third-order valence-electron chi connectivity index (χ3n) is 5.62. The maximum Gasteiger partial charge on any atom is 0.259 e. The lowest BCUT2D eigenvalue weighted by atomic mass is 9.82. The molecule has 29 heavy (non-hydrogen) atoms. The first-order valence-electron chi connectivity index (χ1n) is 9.71. The monoisotopic (exact) mass is 414 g/mol. The Bertz CT molecular complexity index is 1070. The third kappa shape index (κ3) is 3.95. The number of carbonyl (C=O) groups is 1. The number of nitrogens with one attached hydrogen (secondary N) is 1. The van der Waals surface area contributed by atoms with Crippen LogP contribution in [0.25, 0.3) is 10.2 Å². The number of aromatic nitrogens is 2. The standard InChI is InChI=1S/C21H23FN4O2S/c1-11-17-20(24-10-25-21(17)29-18(11)19(23)28)26-15-7-6-14(22)9-13(15)8-12-4-2-3-5-16(12)27/h6-7,9-10,12,16,27H,2-5,8H2,1H3,(H2,23,28)(H,24,25,26)/t12-,16-/m0/s1. The van der Waals surface area contributed by atoms with Gasteiger partial charge in [-0.05, 0) is 61.4 Å². The Morgan fingerprint density at radius 3 is 2.90 bits per heavy atom. The number of fused-ring (bicyclic) bond motifs is 1. The predicted octanol–water partition coefficient (Wildman–Crippen LogP) is 4.07. The molecule has 2 atom stereocenters. The highest BCUT2D eigenvalue weighted by Crippen LogP contribution is 2.36. The largest absolute Gasteiger partial charge is 0.393 e. The maximum atomic E-state index is 14.0. The van der Waals surface area contributed by atoms with Crippen LogP contribution in [-0.2, 0) is 6.42 Å². The molecule has 1 fully saturated rings. The van der Waals surface area contributed by atoms with E-state index in [0.29, 0.717) is 21.9 Å². The molecule has 0 radical (unpaired) electrons. The molecule has 1 amide bonds. The normalized spacial score (nSPS) is 19.4. The molecule has 1 aromatic carbocycles. The van der Waals surface area contributed by atoms with E-state index in [1.165, 1.54) is 29.8 Å². The second-order valence-electron chi connectivity index (χ2n) is 7.57. The maximum absolute atomic E-state index is 14.0. The summed E-state index contributed by atoms with van der Waals surface area (Å²) in [5.41, 5.74) is 7.73. The number of thiophene rings is 1. The van der Waals surface area contributed by atoms with Gasteiger partial charge < -0.3 is 16.2 Å². The van der Waals surface area contributed by atoms with Gasteiger partial charge in [-0.15, -0.1) is 11.3 Å². The van der Waals surface area contributed by atoms with Crippen LogP contribution in [0.1, 0.15) is 46.5 Å². The minimum atomic E-state index is -0.495. The molecular formula is C21H23FN4O2S. The zero-order chi connectivity index (χ0) is 20.5. The number of benzene rings is 1. The van der Waals surface area contributed by atoms with Gasteiger partial charge in [-0.2, -0.15) is 0 Å². The van der Waals surface area contributed by atoms with E-state index in [2.05, 4.69) is 15.3 Å². The van der Waals surface area contributed by atoms with Crippen LogP contribution in [0, 0.1) is 18.7 Å². The number of anilines is 2. The summed E-state index contributed by atoms with van der Waals surface area (Å²) in [6.45, 7) is 1.82. The van der Waals surface area contributed by atoms with Crippen molar-refractivity contribution in [2.24, 2.45) is 11.7 Å². The minimum Gasteiger partial charge on any atom is -0.393 e. The van der Waals surface area contributed by atoms with Crippen molar-refractivity contribution in [2.75, 3.05) is 5.32 Å². The van der Waals surface area contributed by atoms with Crippen LogP contribution in [0.4, 0.5) is 15.9 Å². The van der Waals surface area contributed by atoms with Crippen molar-refractivity contribution < 1.29 is 14.3 Å². The summed E-state index contributed by atoms with van der Waals surface area (Å²) in [6, 6.07) is 4.60. The fourth-order valence-electron chi connectivity index (χ4n) is 4.09. The molecule has 8 heteroatoms. The topological polar surface area (TPSA) is 101 Å². The minimum absolute atomic E-state index is 0.112. The fourth-order valence-corrected chi connectivity index (χ4v) is 5.09. The Morgan fingerprint density at radius 1 is 1.34 bits per heavy atom. The molecule has 0 saturated heterocycles. The molecule has 1 saturated carbocycles. The lowest BCUT2D eigenvalue weighted by molar-refractivity contribution is 0.0701. The van der Waals surface area contributed by atoms with Gasteiger partial charge in [-0.1, -0.05) is 12.8 Å². The van der Waals surface area contributed by atoms with E-state index in [1.54, 1.807) is 6.07 Å². The molecule has 0 unspecified atom stereocenters. The van der Waals surface area contributed by atoms with Gasteiger partial charge in [-0.3, -0.25) is 4.79 Å². The van der Waals surface area contributed by atoms with E-state index in [1.807, 2.05) is 6.92 Å². The Balaban J connectivity index is 1.70. The van der Waals surface area contributed by atoms with Crippen molar-refractivity contribution in [3.05, 3.63) is 46.3 Å². The average Bonchev–Trinajstić information content (AvgIpc) is 3.04. The Morgan fingerprint density at radius 2 is 2.14 bits per heavy atom. The van der Waals surface area contributed by atoms with E-state index in [0.717, 1.165) is 47.9 Å². The third-order valence-corrected chi connectivity index (χ3v) is 6.84. The van der Waals surface area contributed by atoms with Crippen molar-refractivity contribution in [3.8, 4) is 0 Å². The Kier molecular flexibility index (Phi) is 5.47. The zero-order valence-electron chi connectivity index (χ0n) is 16.1. The van der Waals surface area contributed by atoms with Gasteiger partial charge in [0.25, 0.3) is 5.91 Å². The number of hydrogen-bond donors (Lipinski definition) is 3. The highest BCUT2D eigenvalue weighted by atomic mass is 32.1. The summed E-state index contributed by atoms with van der Waals surface area (Å²) >= 11 is 1.23. The zero-order valence-corrected chi connectivity index (χ0v) is 16.9. The number of hydrogen-bond acceptors (Lipinski definition) is 6. The van der Waals surface area contributed by atoms with Crippen molar-refractivity contribution in [2.45, 2.75) is 45.1 Å². The van der Waals surface area contributed by atoms with E-state index in [4.69, 9.17) is 5.73 Å². The Labute approximate surface area is 172 Å². The van der Waals surface area contributed by atoms with Gasteiger partial charge in [0, 0.05) is 5.69 Å². The van der Waals surface area contributed by atoms with E-state index >= 15 is 0 Å². The van der Waals surface area contributed by atoms with Crippen LogP contribution in [0.15, 0.2) is 24.5 Å². The molecule has 0 aliphatic heterocycles. The van der Waals surface area contributed by atoms with E-state index in [9.17, 15) is 14.3 Å². The van der Waals surface area contributed by atoms with Gasteiger partial charge in [0.05, 0.1) is 16.4 Å². The van der Waals surface area contributed by atoms with Gasteiger partial charge in [-0.25, -0.2) is 14.4 Å². The molecule has 2 heterocycles. The van der Waals surface area contributed by atoms with Gasteiger partial charge >= 0.3 is 0 Å². The SMILES string of the molecule is Cc1c(C(N)=O)sc2ncnc(Nc3ccc(F)cc3C[C@@H]3CCCC[C@@H]3O)c12. The van der Waals surface area contributed by atoms with Crippen LogP contribution in [0.5, 0.6) is 0 Å². The number of aliphatic hydroxyl groups excluding tert-OH is 1. The molecule has 3 aromatic rings. The first kappa shape index (κ1) is 19.7. The molecule has 1 aliphatic carbocycles. The smallest absolute Gasteiger partial charge is 0.259 e. The molecule has 0 spiro atoms. The molecule has 2 aromatic heterocycles. The van der Waals surface area contributed by atoms with Gasteiger partial charge in [0.1, 0.15) is 22.8 Å². The first-order valence-corrected chi connectivity index (χ1v) is 10.5. The van der Waals surface area contributed by atoms with Crippen LogP contribution in [0.2, 0.25) is 0 Å². The molecule has 152 valence electrons. The van der Waals surface area contributed by atoms with Crippen molar-refractivity contribution >= 4 is 39.0 Å². The number of primary amides is 1. The molecule has 6 nitrogen and oxygen atoms in total. The highest BCUT2D eigenvalue weighted by Gasteiger charge is 2.25. The van der Waals surface area contributed by atoms with Crippen LogP contribution in [-0.4, -0.2) is 27.1 Å². The van der Waals surface area contributed by atoms with Crippen LogP contribution >= 0.6 is 11.3 Å². The summed E-state index contributed by atoms with van der Waals surface area (Å²) < 4.78 is 14.0. The second kappa shape index (κ2) is 8.04. The number of carbonyl (C=O) groups excluding carboxylic acids is 1. The number of rotatable bonds is 5. The lowest BCUT2D eigenvalue weighted by Crippen LogP contribution is -2.26. The van der Waals surface area contributed by atoms with Gasteiger partial charge in [0.2, 0.25) is 0 Å². The Hall–Kier alpha value is -2.58. The highest BCUT2D eigenvalue weighted by molar-refractivity contribution is 7.20. The van der Waals surface area contributed by atoms with Crippen LogP contribution in [0.3, 0.4) is 0 Å². The number of halogens is 1. The molecule has 1 aliphatic rings. The number of nitrogens with two attached hydrogens (primary N) is 1. The summed E-state index contributed by atoms with van der Waals surface area (Å²) in [7, 11) is 0. The van der Waals surface area contributed by atoms with Crippen molar-refractivity contribution in [1.82, 2.24) is 9.97 Å². The average molecular weight is 415 g/mol. The molecular weight excluding hydrogens is 391 g/mol. The van der Waals surface area contributed by atoms with Gasteiger partial charge in [0.15, 0.2) is 0 Å². The molecule has 4 N–H and O–H groups in total. The summed E-state index contributed by atoms with van der Waals surface area (Å²) in [6.07, 6.45) is 5.49. The predicted molar refractivity (Wildman–Crippen MR) is 112 cm³/mol. The van der Waals surface area contributed by atoms with Crippen molar-refractivity contribution in [1.29, 1.82) is 0 Å². The molecule has 4 rings (SSSR count). The molecule has 0 bridgehead atoms. The number of aliphatic hydroxyl groups is 1. The second-order valence-corrected chi connectivity index (χ2v) is 8.56.